The quantitative estimate of drug-likeness (QED) is 0.782. The summed E-state index contributed by atoms with van der Waals surface area (Å²) in [6.07, 6.45) is 3.85. The third-order valence-corrected chi connectivity index (χ3v) is 3.60. The van der Waals surface area contributed by atoms with Crippen molar-refractivity contribution in [1.82, 2.24) is 0 Å². The number of hydrogen-bond acceptors (Lipinski definition) is 2. The highest BCUT2D eigenvalue weighted by atomic mass is 35.5. The molecular weight excluding hydrogens is 281 g/mol. The van der Waals surface area contributed by atoms with Crippen LogP contribution >= 0.6 is 23.2 Å². The Kier molecular flexibility index (Phi) is 6.98. The van der Waals surface area contributed by atoms with Crippen LogP contribution in [-0.2, 0) is 6.42 Å². The molecule has 0 amide bonds. The maximum Gasteiger partial charge on any atom is 0.141 e. The van der Waals surface area contributed by atoms with Crippen LogP contribution in [0.15, 0.2) is 12.1 Å². The number of ether oxygens (including phenoxy) is 1. The molecule has 2 nitrogen and oxygen atoms in total. The molecule has 0 radical (unpaired) electrons. The van der Waals surface area contributed by atoms with E-state index in [4.69, 9.17) is 33.7 Å². The minimum atomic E-state index is 0.0957. The highest BCUT2D eigenvalue weighted by Gasteiger charge is 2.15. The van der Waals surface area contributed by atoms with Gasteiger partial charge in [-0.15, -0.1) is 0 Å². The van der Waals surface area contributed by atoms with Crippen LogP contribution in [0.3, 0.4) is 0 Å². The van der Waals surface area contributed by atoms with Crippen LogP contribution in [0.1, 0.15) is 45.6 Å². The van der Waals surface area contributed by atoms with Crippen molar-refractivity contribution in [2.24, 2.45) is 5.73 Å². The third-order valence-electron chi connectivity index (χ3n) is 3.11. The molecule has 0 aliphatic heterocycles. The first kappa shape index (κ1) is 16.6. The van der Waals surface area contributed by atoms with Gasteiger partial charge in [0, 0.05) is 11.1 Å². The molecule has 0 saturated heterocycles. The highest BCUT2D eigenvalue weighted by Crippen LogP contribution is 2.34. The Morgan fingerprint density at radius 2 is 1.95 bits per heavy atom. The molecule has 2 N–H and O–H groups in total. The van der Waals surface area contributed by atoms with Crippen molar-refractivity contribution in [1.29, 1.82) is 0 Å². The predicted octanol–water partition coefficient (Wildman–Crippen LogP) is 4.84. The molecular formula is C15H23Cl2NO. The standard InChI is InChI=1S/C15H23Cl2NO/c1-4-6-10(3)19-15-11(8-13(18)5-2)7-12(16)9-14(15)17/h7,9-10,13H,4-6,8,18H2,1-3H3. The first-order valence-electron chi connectivity index (χ1n) is 6.88. The lowest BCUT2D eigenvalue weighted by atomic mass is 10.0. The predicted molar refractivity (Wildman–Crippen MR) is 83.4 cm³/mol. The first-order valence-corrected chi connectivity index (χ1v) is 7.63. The molecule has 0 heterocycles. The third kappa shape index (κ3) is 5.21. The van der Waals surface area contributed by atoms with Crippen LogP contribution in [-0.4, -0.2) is 12.1 Å². The normalized spacial score (nSPS) is 14.2. The second kappa shape index (κ2) is 7.98. The molecule has 108 valence electrons. The number of nitrogens with two attached hydrogens (primary N) is 1. The van der Waals surface area contributed by atoms with Gasteiger partial charge in [-0.1, -0.05) is 43.5 Å². The molecule has 1 rings (SSSR count). The molecule has 0 bridgehead atoms. The summed E-state index contributed by atoms with van der Waals surface area (Å²) < 4.78 is 5.97. The lowest BCUT2D eigenvalue weighted by molar-refractivity contribution is 0.207. The molecule has 0 aliphatic carbocycles. The minimum absolute atomic E-state index is 0.0957. The van der Waals surface area contributed by atoms with Crippen LogP contribution in [0, 0.1) is 0 Å². The number of benzene rings is 1. The summed E-state index contributed by atoms with van der Waals surface area (Å²) in [4.78, 5) is 0. The van der Waals surface area contributed by atoms with Crippen LogP contribution < -0.4 is 10.5 Å². The molecule has 4 heteroatoms. The van der Waals surface area contributed by atoms with Gasteiger partial charge in [-0.05, 0) is 43.9 Å². The van der Waals surface area contributed by atoms with Crippen LogP contribution in [0.4, 0.5) is 0 Å². The van der Waals surface area contributed by atoms with Crippen LogP contribution in [0.2, 0.25) is 10.0 Å². The Labute approximate surface area is 126 Å². The van der Waals surface area contributed by atoms with E-state index in [-0.39, 0.29) is 12.1 Å². The first-order chi connectivity index (χ1) is 8.97. The molecule has 1 aromatic rings. The molecule has 0 fully saturated rings. The van der Waals surface area contributed by atoms with Gasteiger partial charge in [-0.3, -0.25) is 0 Å². The molecule has 0 aromatic heterocycles. The van der Waals surface area contributed by atoms with E-state index in [0.717, 1.165) is 37.0 Å². The fraction of sp³-hybridized carbons (Fsp3) is 0.600. The van der Waals surface area contributed by atoms with Crippen LogP contribution in [0.25, 0.3) is 0 Å². The Morgan fingerprint density at radius 3 is 2.53 bits per heavy atom. The van der Waals surface area contributed by atoms with Crippen molar-refractivity contribution in [2.45, 2.75) is 58.6 Å². The maximum absolute atomic E-state index is 6.26. The van der Waals surface area contributed by atoms with E-state index in [2.05, 4.69) is 20.8 Å². The Morgan fingerprint density at radius 1 is 1.26 bits per heavy atom. The van der Waals surface area contributed by atoms with Gasteiger partial charge in [-0.2, -0.15) is 0 Å². The van der Waals surface area contributed by atoms with E-state index in [1.165, 1.54) is 0 Å². The Hall–Kier alpha value is -0.440. The monoisotopic (exact) mass is 303 g/mol. The van der Waals surface area contributed by atoms with Crippen molar-refractivity contribution >= 4 is 23.2 Å². The SMILES string of the molecule is CCCC(C)Oc1c(Cl)cc(Cl)cc1CC(N)CC. The van der Waals surface area contributed by atoms with Gasteiger partial charge in [-0.25, -0.2) is 0 Å². The summed E-state index contributed by atoms with van der Waals surface area (Å²) in [5, 5.41) is 1.19. The fourth-order valence-corrected chi connectivity index (χ4v) is 2.57. The van der Waals surface area contributed by atoms with Crippen molar-refractivity contribution in [3.63, 3.8) is 0 Å². The number of halogens is 2. The number of rotatable bonds is 7. The van der Waals surface area contributed by atoms with Gasteiger partial charge in [0.05, 0.1) is 11.1 Å². The van der Waals surface area contributed by atoms with Crippen molar-refractivity contribution in [3.05, 3.63) is 27.7 Å². The van der Waals surface area contributed by atoms with Gasteiger partial charge in [0.2, 0.25) is 0 Å². The van der Waals surface area contributed by atoms with E-state index in [9.17, 15) is 0 Å². The second-order valence-electron chi connectivity index (χ2n) is 4.97. The zero-order chi connectivity index (χ0) is 14.4. The van der Waals surface area contributed by atoms with Crippen molar-refractivity contribution in [3.8, 4) is 5.75 Å². The van der Waals surface area contributed by atoms with Gasteiger partial charge < -0.3 is 10.5 Å². The largest absolute Gasteiger partial charge is 0.489 e. The summed E-state index contributed by atoms with van der Waals surface area (Å²) in [5.41, 5.74) is 7.02. The Balaban J connectivity index is 2.98. The maximum atomic E-state index is 6.26. The summed E-state index contributed by atoms with van der Waals surface area (Å²) in [5.74, 6) is 0.732. The summed E-state index contributed by atoms with van der Waals surface area (Å²) >= 11 is 12.3. The van der Waals surface area contributed by atoms with Crippen molar-refractivity contribution in [2.75, 3.05) is 0 Å². The summed E-state index contributed by atoms with van der Waals surface area (Å²) in [7, 11) is 0. The smallest absolute Gasteiger partial charge is 0.141 e. The molecule has 1 aromatic carbocycles. The van der Waals surface area contributed by atoms with E-state index < -0.39 is 0 Å². The van der Waals surface area contributed by atoms with E-state index >= 15 is 0 Å². The van der Waals surface area contributed by atoms with E-state index in [0.29, 0.717) is 10.0 Å². The van der Waals surface area contributed by atoms with Crippen molar-refractivity contribution < 1.29 is 4.74 Å². The van der Waals surface area contributed by atoms with Gasteiger partial charge in [0.15, 0.2) is 0 Å². The topological polar surface area (TPSA) is 35.2 Å². The Bertz CT molecular complexity index is 409. The lowest BCUT2D eigenvalue weighted by Gasteiger charge is -2.20. The average molecular weight is 304 g/mol. The van der Waals surface area contributed by atoms with Gasteiger partial charge in [0.1, 0.15) is 5.75 Å². The lowest BCUT2D eigenvalue weighted by Crippen LogP contribution is -2.22. The molecule has 0 aliphatic rings. The minimum Gasteiger partial charge on any atom is -0.489 e. The average Bonchev–Trinajstić information content (AvgIpc) is 2.33. The summed E-state index contributed by atoms with van der Waals surface area (Å²) in [6.45, 7) is 6.26. The molecule has 2 unspecified atom stereocenters. The fourth-order valence-electron chi connectivity index (χ4n) is 1.99. The van der Waals surface area contributed by atoms with E-state index in [1.807, 2.05) is 6.07 Å². The van der Waals surface area contributed by atoms with E-state index in [1.54, 1.807) is 6.07 Å². The van der Waals surface area contributed by atoms with Gasteiger partial charge in [0.25, 0.3) is 0 Å². The summed E-state index contributed by atoms with van der Waals surface area (Å²) in [6, 6.07) is 3.72. The molecule has 0 saturated carbocycles. The zero-order valence-corrected chi connectivity index (χ0v) is 13.4. The molecule has 19 heavy (non-hydrogen) atoms. The van der Waals surface area contributed by atoms with Gasteiger partial charge >= 0.3 is 0 Å². The van der Waals surface area contributed by atoms with Crippen LogP contribution in [0.5, 0.6) is 5.75 Å². The zero-order valence-electron chi connectivity index (χ0n) is 11.9. The second-order valence-corrected chi connectivity index (χ2v) is 5.81. The molecule has 0 spiro atoms. The number of hydrogen-bond donors (Lipinski definition) is 1. The molecule has 2 atom stereocenters. The highest BCUT2D eigenvalue weighted by molar-refractivity contribution is 6.35.